The van der Waals surface area contributed by atoms with Gasteiger partial charge in [0.2, 0.25) is 0 Å². The van der Waals surface area contributed by atoms with Gasteiger partial charge in [0.25, 0.3) is 0 Å². The summed E-state index contributed by atoms with van der Waals surface area (Å²) in [5.74, 6) is 0. The number of rotatable bonds is 0. The minimum atomic E-state index is 0.822. The maximum Gasteiger partial charge on any atom is -0.0297 e. The van der Waals surface area contributed by atoms with E-state index in [0.29, 0.717) is 0 Å². The molecule has 0 N–H and O–H groups in total. The molecule has 0 heterocycles. The van der Waals surface area contributed by atoms with E-state index < -0.39 is 0 Å². The first kappa shape index (κ1) is 10.5. The molecule has 0 nitrogen and oxygen atoms in total. The van der Waals surface area contributed by atoms with Crippen molar-refractivity contribution >= 4 is 0 Å². The summed E-state index contributed by atoms with van der Waals surface area (Å²) >= 11 is 0. The van der Waals surface area contributed by atoms with Gasteiger partial charge in [0.15, 0.2) is 0 Å². The molecule has 0 aromatic heterocycles. The predicted molar refractivity (Wildman–Crippen MR) is 62.5 cm³/mol. The summed E-state index contributed by atoms with van der Waals surface area (Å²) in [5, 5.41) is 0. The zero-order chi connectivity index (χ0) is 9.69. The van der Waals surface area contributed by atoms with Crippen molar-refractivity contribution in [1.82, 2.24) is 0 Å². The molecule has 2 rings (SSSR count). The van der Waals surface area contributed by atoms with Gasteiger partial charge in [-0.05, 0) is 31.1 Å². The molecular formula is C14H26. The quantitative estimate of drug-likeness (QED) is 0.505. The summed E-state index contributed by atoms with van der Waals surface area (Å²) in [6, 6.07) is 0. The Balaban J connectivity index is 1.91. The zero-order valence-electron chi connectivity index (χ0n) is 9.69. The molecule has 1 spiro atoms. The highest BCUT2D eigenvalue weighted by Crippen LogP contribution is 2.45. The second-order valence-electron chi connectivity index (χ2n) is 5.68. The second-order valence-corrected chi connectivity index (χ2v) is 5.68. The standard InChI is InChI=1S/C14H26/c1-2-4-7-11-14(10-6-3-1)12-8-5-9-13-14/h1-13H2. The van der Waals surface area contributed by atoms with Crippen LogP contribution in [-0.2, 0) is 0 Å². The van der Waals surface area contributed by atoms with Gasteiger partial charge in [0.05, 0.1) is 0 Å². The maximum atomic E-state index is 1.56. The third kappa shape index (κ3) is 2.74. The second kappa shape index (κ2) is 5.19. The lowest BCUT2D eigenvalue weighted by atomic mass is 9.68. The van der Waals surface area contributed by atoms with Gasteiger partial charge >= 0.3 is 0 Å². The van der Waals surface area contributed by atoms with Crippen LogP contribution < -0.4 is 0 Å². The molecule has 0 amide bonds. The van der Waals surface area contributed by atoms with E-state index in [0.717, 1.165) is 5.41 Å². The Morgan fingerprint density at radius 3 is 1.07 bits per heavy atom. The van der Waals surface area contributed by atoms with E-state index in [1.54, 1.807) is 25.7 Å². The smallest absolute Gasteiger partial charge is 0.0297 e. The number of hydrogen-bond donors (Lipinski definition) is 0. The molecule has 0 aromatic rings. The predicted octanol–water partition coefficient (Wildman–Crippen LogP) is 5.07. The van der Waals surface area contributed by atoms with Gasteiger partial charge in [-0.15, -0.1) is 0 Å². The summed E-state index contributed by atoms with van der Waals surface area (Å²) in [5.41, 5.74) is 0.822. The van der Waals surface area contributed by atoms with Gasteiger partial charge in [0, 0.05) is 0 Å². The fraction of sp³-hybridized carbons (Fsp3) is 1.00. The van der Waals surface area contributed by atoms with Crippen molar-refractivity contribution in [2.45, 2.75) is 83.5 Å². The van der Waals surface area contributed by atoms with Crippen LogP contribution in [0.25, 0.3) is 0 Å². The van der Waals surface area contributed by atoms with Crippen LogP contribution >= 0.6 is 0 Å². The van der Waals surface area contributed by atoms with Crippen molar-refractivity contribution in [3.8, 4) is 0 Å². The molecule has 2 aliphatic rings. The SMILES string of the molecule is C1CCCCC2(CCC1)CCCCC2. The first-order valence-corrected chi connectivity index (χ1v) is 6.91. The molecule has 14 heavy (non-hydrogen) atoms. The minimum Gasteiger partial charge on any atom is -0.0533 e. The molecule has 2 aliphatic carbocycles. The monoisotopic (exact) mass is 194 g/mol. The first-order valence-electron chi connectivity index (χ1n) is 6.91. The normalized spacial score (nSPS) is 29.1. The van der Waals surface area contributed by atoms with Crippen molar-refractivity contribution in [1.29, 1.82) is 0 Å². The Hall–Kier alpha value is 0. The molecule has 2 saturated carbocycles. The van der Waals surface area contributed by atoms with E-state index in [1.807, 2.05) is 0 Å². The van der Waals surface area contributed by atoms with Crippen LogP contribution in [0.15, 0.2) is 0 Å². The molecule has 0 radical (unpaired) electrons. The zero-order valence-corrected chi connectivity index (χ0v) is 9.69. The van der Waals surface area contributed by atoms with E-state index in [4.69, 9.17) is 0 Å². The highest BCUT2D eigenvalue weighted by atomic mass is 14.4. The molecular weight excluding hydrogens is 168 g/mol. The van der Waals surface area contributed by atoms with E-state index in [2.05, 4.69) is 0 Å². The summed E-state index contributed by atoms with van der Waals surface area (Å²) in [6.07, 6.45) is 19.9. The van der Waals surface area contributed by atoms with Gasteiger partial charge in [-0.2, -0.15) is 0 Å². The van der Waals surface area contributed by atoms with Crippen molar-refractivity contribution in [2.75, 3.05) is 0 Å². The largest absolute Gasteiger partial charge is 0.0533 e. The van der Waals surface area contributed by atoms with Crippen molar-refractivity contribution in [2.24, 2.45) is 5.41 Å². The summed E-state index contributed by atoms with van der Waals surface area (Å²) in [7, 11) is 0. The molecule has 2 fully saturated rings. The van der Waals surface area contributed by atoms with Crippen LogP contribution in [0, 0.1) is 5.41 Å². The van der Waals surface area contributed by atoms with Gasteiger partial charge in [-0.1, -0.05) is 57.8 Å². The highest BCUT2D eigenvalue weighted by molar-refractivity contribution is 4.83. The van der Waals surface area contributed by atoms with Crippen LogP contribution in [0.3, 0.4) is 0 Å². The lowest BCUT2D eigenvalue weighted by Gasteiger charge is -2.37. The molecule has 0 heteroatoms. The molecule has 0 atom stereocenters. The Morgan fingerprint density at radius 1 is 0.357 bits per heavy atom. The lowest BCUT2D eigenvalue weighted by Crippen LogP contribution is -2.23. The third-order valence-electron chi connectivity index (χ3n) is 4.58. The molecule has 0 unspecified atom stereocenters. The third-order valence-corrected chi connectivity index (χ3v) is 4.58. The average Bonchev–Trinajstić information content (AvgIpc) is 2.33. The van der Waals surface area contributed by atoms with Crippen LogP contribution in [0.2, 0.25) is 0 Å². The fourth-order valence-electron chi connectivity index (χ4n) is 3.63. The summed E-state index contributed by atoms with van der Waals surface area (Å²) in [4.78, 5) is 0. The van der Waals surface area contributed by atoms with E-state index in [1.165, 1.54) is 57.8 Å². The minimum absolute atomic E-state index is 0.822. The van der Waals surface area contributed by atoms with Crippen LogP contribution in [0.4, 0.5) is 0 Å². The highest BCUT2D eigenvalue weighted by Gasteiger charge is 2.30. The van der Waals surface area contributed by atoms with Crippen LogP contribution in [0.5, 0.6) is 0 Å². The average molecular weight is 194 g/mol. The number of hydrogen-bond acceptors (Lipinski definition) is 0. The summed E-state index contributed by atoms with van der Waals surface area (Å²) < 4.78 is 0. The Morgan fingerprint density at radius 2 is 0.643 bits per heavy atom. The van der Waals surface area contributed by atoms with Crippen LogP contribution in [-0.4, -0.2) is 0 Å². The van der Waals surface area contributed by atoms with Gasteiger partial charge in [0.1, 0.15) is 0 Å². The fourth-order valence-corrected chi connectivity index (χ4v) is 3.63. The Labute approximate surface area is 89.5 Å². The molecule has 0 saturated heterocycles. The van der Waals surface area contributed by atoms with E-state index in [-0.39, 0.29) is 0 Å². The van der Waals surface area contributed by atoms with Gasteiger partial charge in [-0.3, -0.25) is 0 Å². The molecule has 0 aromatic carbocycles. The lowest BCUT2D eigenvalue weighted by molar-refractivity contribution is 0.150. The maximum absolute atomic E-state index is 1.56. The van der Waals surface area contributed by atoms with Crippen molar-refractivity contribution < 1.29 is 0 Å². The van der Waals surface area contributed by atoms with Crippen molar-refractivity contribution in [3.63, 3.8) is 0 Å². The Bertz CT molecular complexity index is 141. The topological polar surface area (TPSA) is 0 Å². The molecule has 82 valence electrons. The first-order chi connectivity index (χ1) is 6.91. The Kier molecular flexibility index (Phi) is 3.89. The summed E-state index contributed by atoms with van der Waals surface area (Å²) in [6.45, 7) is 0. The van der Waals surface area contributed by atoms with E-state index in [9.17, 15) is 0 Å². The van der Waals surface area contributed by atoms with Gasteiger partial charge < -0.3 is 0 Å². The van der Waals surface area contributed by atoms with E-state index >= 15 is 0 Å². The van der Waals surface area contributed by atoms with Crippen molar-refractivity contribution in [3.05, 3.63) is 0 Å². The molecule has 0 bridgehead atoms. The van der Waals surface area contributed by atoms with Gasteiger partial charge in [-0.25, -0.2) is 0 Å². The van der Waals surface area contributed by atoms with Crippen LogP contribution in [0.1, 0.15) is 83.5 Å². The molecule has 0 aliphatic heterocycles.